The van der Waals surface area contributed by atoms with E-state index < -0.39 is 11.0 Å². The molecule has 2 bridgehead atoms. The Hall–Kier alpha value is -1.79. The number of piperidine rings is 1. The van der Waals surface area contributed by atoms with Crippen molar-refractivity contribution in [1.82, 2.24) is 10.2 Å². The number of fused-ring (bicyclic) bond motifs is 2. The van der Waals surface area contributed by atoms with Crippen LogP contribution in [-0.2, 0) is 16.6 Å². The van der Waals surface area contributed by atoms with Gasteiger partial charge in [0.1, 0.15) is 11.9 Å². The van der Waals surface area contributed by atoms with Crippen LogP contribution in [0.2, 0.25) is 0 Å². The van der Waals surface area contributed by atoms with E-state index in [1.165, 1.54) is 5.56 Å². The van der Waals surface area contributed by atoms with E-state index in [-0.39, 0.29) is 30.0 Å². The number of carbonyl (C=O) groups is 1. The average molecular weight is 330 g/mol. The second-order valence-electron chi connectivity index (χ2n) is 7.90. The monoisotopic (exact) mass is 330 g/mol. The minimum Gasteiger partial charge on any atom is -0.508 e. The molecule has 0 spiro atoms. The molecule has 3 fully saturated rings. The van der Waals surface area contributed by atoms with Crippen LogP contribution in [0.3, 0.4) is 0 Å². The molecule has 1 amide bonds. The molecular formula is C18H22N2O4. The Bertz CT molecular complexity index is 738. The normalized spacial score (nSPS) is 43.2. The van der Waals surface area contributed by atoms with E-state index in [2.05, 4.69) is 17.3 Å². The number of hydrogen-bond donors (Lipinski definition) is 3. The molecule has 1 aromatic rings. The molecule has 2 aliphatic heterocycles. The van der Waals surface area contributed by atoms with Crippen molar-refractivity contribution in [3.8, 4) is 5.75 Å². The van der Waals surface area contributed by atoms with Crippen LogP contribution in [0.1, 0.15) is 30.4 Å². The number of phenols is 1. The van der Waals surface area contributed by atoms with Gasteiger partial charge in [0, 0.05) is 17.9 Å². The Morgan fingerprint density at radius 3 is 3.04 bits per heavy atom. The predicted molar refractivity (Wildman–Crippen MR) is 85.9 cm³/mol. The summed E-state index contributed by atoms with van der Waals surface area (Å²) in [6.07, 6.45) is 2.06. The Kier molecular flexibility index (Phi) is 2.69. The first-order chi connectivity index (χ1) is 11.4. The maximum Gasteiger partial charge on any atom is 0.407 e. The van der Waals surface area contributed by atoms with Gasteiger partial charge < -0.3 is 25.2 Å². The van der Waals surface area contributed by atoms with Gasteiger partial charge in [0.15, 0.2) is 0 Å². The summed E-state index contributed by atoms with van der Waals surface area (Å²) in [6, 6.07) is 5.39. The molecule has 128 valence electrons. The number of nitrogens with zero attached hydrogens (tertiary/aromatic N) is 1. The van der Waals surface area contributed by atoms with Crippen LogP contribution in [-0.4, -0.2) is 58.6 Å². The summed E-state index contributed by atoms with van der Waals surface area (Å²) in [5.41, 5.74) is 0.827. The topological polar surface area (TPSA) is 82.0 Å². The van der Waals surface area contributed by atoms with Gasteiger partial charge in [-0.1, -0.05) is 6.07 Å². The summed E-state index contributed by atoms with van der Waals surface area (Å²) in [4.78, 5) is 13.9. The molecule has 1 saturated carbocycles. The number of likely N-dealkylation sites (tertiary alicyclic amines) is 1. The fraction of sp³-hybridized carbons (Fsp3) is 0.611. The molecule has 6 nitrogen and oxygen atoms in total. The minimum atomic E-state index is -0.928. The van der Waals surface area contributed by atoms with Crippen molar-refractivity contribution < 1.29 is 19.7 Å². The summed E-state index contributed by atoms with van der Waals surface area (Å²) in [5.74, 6) is 0.228. The van der Waals surface area contributed by atoms with Crippen molar-refractivity contribution >= 4 is 6.09 Å². The van der Waals surface area contributed by atoms with Gasteiger partial charge in [-0.05, 0) is 56.1 Å². The van der Waals surface area contributed by atoms with E-state index in [0.717, 1.165) is 24.9 Å². The van der Waals surface area contributed by atoms with E-state index in [4.69, 9.17) is 4.74 Å². The zero-order valence-electron chi connectivity index (χ0n) is 13.7. The highest BCUT2D eigenvalue weighted by Crippen LogP contribution is 2.59. The number of amides is 1. The summed E-state index contributed by atoms with van der Waals surface area (Å²) in [5, 5.41) is 24.8. The van der Waals surface area contributed by atoms with Crippen molar-refractivity contribution in [2.75, 3.05) is 13.6 Å². The lowest BCUT2D eigenvalue weighted by molar-refractivity contribution is -0.177. The third-order valence-corrected chi connectivity index (χ3v) is 6.92. The van der Waals surface area contributed by atoms with Gasteiger partial charge in [-0.25, -0.2) is 4.79 Å². The van der Waals surface area contributed by atoms with E-state index in [0.29, 0.717) is 12.8 Å². The third-order valence-electron chi connectivity index (χ3n) is 6.92. The second-order valence-corrected chi connectivity index (χ2v) is 7.90. The van der Waals surface area contributed by atoms with Crippen LogP contribution >= 0.6 is 0 Å². The minimum absolute atomic E-state index is 0.0155. The van der Waals surface area contributed by atoms with E-state index in [9.17, 15) is 15.0 Å². The number of hydrogen-bond acceptors (Lipinski definition) is 5. The summed E-state index contributed by atoms with van der Waals surface area (Å²) in [6.45, 7) is 0.890. The molecule has 0 radical (unpaired) electrons. The van der Waals surface area contributed by atoms with Gasteiger partial charge in [0.25, 0.3) is 0 Å². The highest BCUT2D eigenvalue weighted by molar-refractivity contribution is 5.70. The third kappa shape index (κ3) is 1.60. The highest BCUT2D eigenvalue weighted by Gasteiger charge is 2.67. The lowest BCUT2D eigenvalue weighted by atomic mass is 9.48. The lowest BCUT2D eigenvalue weighted by Crippen LogP contribution is -2.75. The van der Waals surface area contributed by atoms with E-state index in [1.54, 1.807) is 6.07 Å². The lowest BCUT2D eigenvalue weighted by Gasteiger charge is -2.64. The number of rotatable bonds is 0. The van der Waals surface area contributed by atoms with Crippen LogP contribution in [0, 0.1) is 0 Å². The summed E-state index contributed by atoms with van der Waals surface area (Å²) in [7, 11) is 2.06. The first kappa shape index (κ1) is 14.5. The van der Waals surface area contributed by atoms with Crippen molar-refractivity contribution in [1.29, 1.82) is 0 Å². The first-order valence-corrected chi connectivity index (χ1v) is 8.65. The van der Waals surface area contributed by atoms with Gasteiger partial charge in [-0.15, -0.1) is 0 Å². The molecule has 1 aromatic carbocycles. The average Bonchev–Trinajstić information content (AvgIpc) is 2.87. The number of ether oxygens (including phenoxy) is 1. The zero-order valence-corrected chi connectivity index (χ0v) is 13.7. The van der Waals surface area contributed by atoms with Crippen LogP contribution in [0.4, 0.5) is 4.79 Å². The molecule has 3 N–H and O–H groups in total. The molecule has 5 atom stereocenters. The van der Waals surface area contributed by atoms with Crippen LogP contribution < -0.4 is 5.32 Å². The van der Waals surface area contributed by atoms with Crippen molar-refractivity contribution in [2.45, 2.75) is 54.9 Å². The number of nitrogens with one attached hydrogen (secondary N) is 1. The molecule has 6 heteroatoms. The van der Waals surface area contributed by atoms with Gasteiger partial charge in [0.05, 0.1) is 11.6 Å². The van der Waals surface area contributed by atoms with Gasteiger partial charge in [0.2, 0.25) is 0 Å². The molecule has 2 heterocycles. The standard InChI is InChI=1S/C18H22N2O4/c1-20-5-4-17-9-14-13(19-16(22)24-14)8-18(17,23)15(20)6-10-2-3-11(21)7-12(10)17/h2-3,7,13-15,21,23H,4-6,8-9H2,1H3,(H,19,22)/t13-,14-,15+,17+,18+/m0/s1. The zero-order chi connectivity index (χ0) is 16.7. The van der Waals surface area contributed by atoms with Gasteiger partial charge in [-0.2, -0.15) is 0 Å². The van der Waals surface area contributed by atoms with Crippen LogP contribution in [0.15, 0.2) is 18.2 Å². The number of phenolic OH excluding ortho intramolecular Hbond substituents is 1. The van der Waals surface area contributed by atoms with Crippen LogP contribution in [0.5, 0.6) is 5.75 Å². The van der Waals surface area contributed by atoms with E-state index >= 15 is 0 Å². The molecule has 2 saturated heterocycles. The number of aromatic hydroxyl groups is 1. The number of aliphatic hydroxyl groups is 1. The first-order valence-electron chi connectivity index (χ1n) is 8.65. The molecule has 2 aliphatic carbocycles. The van der Waals surface area contributed by atoms with Crippen molar-refractivity contribution in [2.24, 2.45) is 0 Å². The predicted octanol–water partition coefficient (Wildman–Crippen LogP) is 0.892. The molecule has 0 unspecified atom stereocenters. The second kappa shape index (κ2) is 4.43. The molecular weight excluding hydrogens is 308 g/mol. The number of benzene rings is 1. The highest BCUT2D eigenvalue weighted by atomic mass is 16.6. The smallest absolute Gasteiger partial charge is 0.407 e. The summed E-state index contributed by atoms with van der Waals surface area (Å²) >= 11 is 0. The maximum atomic E-state index is 11.9. The molecule has 24 heavy (non-hydrogen) atoms. The molecule has 4 aliphatic rings. The Morgan fingerprint density at radius 1 is 1.38 bits per heavy atom. The molecule has 5 rings (SSSR count). The van der Waals surface area contributed by atoms with Gasteiger partial charge >= 0.3 is 6.09 Å². The number of alkyl carbamates (subject to hydrolysis) is 1. The van der Waals surface area contributed by atoms with Crippen LogP contribution in [0.25, 0.3) is 0 Å². The molecule has 0 aromatic heterocycles. The van der Waals surface area contributed by atoms with Crippen molar-refractivity contribution in [3.05, 3.63) is 29.3 Å². The number of likely N-dealkylation sites (N-methyl/N-ethyl adjacent to an activating group) is 1. The Morgan fingerprint density at radius 2 is 2.21 bits per heavy atom. The quantitative estimate of drug-likeness (QED) is 0.658. The van der Waals surface area contributed by atoms with E-state index in [1.807, 2.05) is 12.1 Å². The fourth-order valence-corrected chi connectivity index (χ4v) is 5.78. The largest absolute Gasteiger partial charge is 0.508 e. The summed E-state index contributed by atoms with van der Waals surface area (Å²) < 4.78 is 5.48. The Labute approximate surface area is 140 Å². The van der Waals surface area contributed by atoms with Gasteiger partial charge in [-0.3, -0.25) is 0 Å². The SMILES string of the molecule is CN1CC[C@]23C[C@@H]4OC(=O)N[C@H]4C[C@@]2(O)[C@H]1Cc1ccc(O)cc13. The fourth-order valence-electron chi connectivity index (χ4n) is 5.78. The van der Waals surface area contributed by atoms with Crippen molar-refractivity contribution in [3.63, 3.8) is 0 Å². The maximum absolute atomic E-state index is 11.9. The Balaban J connectivity index is 1.71. The number of carbonyl (C=O) groups excluding carboxylic acids is 1.